The molecule has 3 heteroatoms. The number of ether oxygens (including phenoxy) is 2. The van der Waals surface area contributed by atoms with Crippen molar-refractivity contribution in [1.82, 2.24) is 5.32 Å². The molecule has 1 heterocycles. The lowest BCUT2D eigenvalue weighted by molar-refractivity contribution is 0.0141. The third-order valence-electron chi connectivity index (χ3n) is 4.38. The van der Waals surface area contributed by atoms with Gasteiger partial charge in [-0.25, -0.2) is 0 Å². The third kappa shape index (κ3) is 3.46. The summed E-state index contributed by atoms with van der Waals surface area (Å²) in [6.45, 7) is 8.52. The van der Waals surface area contributed by atoms with E-state index in [1.165, 1.54) is 19.3 Å². The van der Waals surface area contributed by atoms with Gasteiger partial charge in [-0.15, -0.1) is 0 Å². The Balaban J connectivity index is 1.92. The minimum absolute atomic E-state index is 0.325. The molecule has 2 unspecified atom stereocenters. The third-order valence-corrected chi connectivity index (χ3v) is 4.38. The van der Waals surface area contributed by atoms with Gasteiger partial charge >= 0.3 is 0 Å². The van der Waals surface area contributed by atoms with Crippen molar-refractivity contribution < 1.29 is 9.47 Å². The number of nitrogens with one attached hydrogen (secondary N) is 1. The summed E-state index contributed by atoms with van der Waals surface area (Å²) < 4.78 is 11.4. The highest BCUT2D eigenvalue weighted by atomic mass is 16.5. The van der Waals surface area contributed by atoms with Gasteiger partial charge in [-0.2, -0.15) is 0 Å². The first-order valence-electron chi connectivity index (χ1n) is 7.49. The molecule has 0 radical (unpaired) electrons. The quantitative estimate of drug-likeness (QED) is 0.722. The van der Waals surface area contributed by atoms with Crippen LogP contribution in [0.3, 0.4) is 0 Å². The van der Waals surface area contributed by atoms with Gasteiger partial charge in [0.15, 0.2) is 0 Å². The standard InChI is InChI=1S/C15H29NO2/c1-12(2)10-16-11-15(6-8-17-3)7-9-18-14(15)13-4-5-13/h12-14,16H,4-11H2,1-3H3. The van der Waals surface area contributed by atoms with E-state index in [4.69, 9.17) is 9.47 Å². The molecule has 1 N–H and O–H groups in total. The number of hydrogen-bond donors (Lipinski definition) is 1. The molecule has 0 aromatic heterocycles. The second kappa shape index (κ2) is 6.36. The minimum atomic E-state index is 0.325. The van der Waals surface area contributed by atoms with Crippen LogP contribution in [-0.2, 0) is 9.47 Å². The first kappa shape index (κ1) is 14.3. The van der Waals surface area contributed by atoms with E-state index in [9.17, 15) is 0 Å². The van der Waals surface area contributed by atoms with Gasteiger partial charge in [-0.1, -0.05) is 13.8 Å². The summed E-state index contributed by atoms with van der Waals surface area (Å²) in [5.41, 5.74) is 0.325. The summed E-state index contributed by atoms with van der Waals surface area (Å²) >= 11 is 0. The fourth-order valence-corrected chi connectivity index (χ4v) is 3.20. The molecule has 1 aliphatic heterocycles. The lowest BCUT2D eigenvalue weighted by atomic mass is 9.76. The van der Waals surface area contributed by atoms with E-state index in [2.05, 4.69) is 19.2 Å². The van der Waals surface area contributed by atoms with Gasteiger partial charge in [0.25, 0.3) is 0 Å². The van der Waals surface area contributed by atoms with Crippen molar-refractivity contribution in [3.8, 4) is 0 Å². The van der Waals surface area contributed by atoms with Crippen LogP contribution in [0.5, 0.6) is 0 Å². The molecule has 1 saturated heterocycles. The van der Waals surface area contributed by atoms with Crippen molar-refractivity contribution in [3.05, 3.63) is 0 Å². The van der Waals surface area contributed by atoms with Crippen LogP contribution in [0, 0.1) is 17.3 Å². The zero-order chi connectivity index (χ0) is 13.0. The molecule has 3 nitrogen and oxygen atoms in total. The summed E-state index contributed by atoms with van der Waals surface area (Å²) in [5.74, 6) is 1.54. The lowest BCUT2D eigenvalue weighted by Crippen LogP contribution is -2.43. The van der Waals surface area contributed by atoms with Crippen LogP contribution in [0.2, 0.25) is 0 Å². The average Bonchev–Trinajstić information content (AvgIpc) is 3.09. The van der Waals surface area contributed by atoms with Gasteiger partial charge in [-0.05, 0) is 44.1 Å². The van der Waals surface area contributed by atoms with Crippen molar-refractivity contribution in [2.75, 3.05) is 33.4 Å². The Morgan fingerprint density at radius 1 is 1.39 bits per heavy atom. The van der Waals surface area contributed by atoms with Gasteiger partial charge in [-0.3, -0.25) is 0 Å². The molecule has 1 saturated carbocycles. The topological polar surface area (TPSA) is 30.5 Å². The van der Waals surface area contributed by atoms with Crippen LogP contribution in [0.1, 0.15) is 39.5 Å². The Morgan fingerprint density at radius 2 is 2.17 bits per heavy atom. The van der Waals surface area contributed by atoms with Gasteiger partial charge in [0, 0.05) is 32.3 Å². The van der Waals surface area contributed by atoms with Gasteiger partial charge < -0.3 is 14.8 Å². The summed E-state index contributed by atoms with van der Waals surface area (Å²) in [5, 5.41) is 3.65. The van der Waals surface area contributed by atoms with Crippen molar-refractivity contribution in [2.45, 2.75) is 45.6 Å². The largest absolute Gasteiger partial charge is 0.385 e. The van der Waals surface area contributed by atoms with Crippen LogP contribution >= 0.6 is 0 Å². The van der Waals surface area contributed by atoms with Gasteiger partial charge in [0.2, 0.25) is 0 Å². The SMILES string of the molecule is COCCC1(CNCC(C)C)CCOC1C1CC1. The zero-order valence-electron chi connectivity index (χ0n) is 12.2. The molecule has 0 aromatic rings. The summed E-state index contributed by atoms with van der Waals surface area (Å²) in [7, 11) is 1.80. The van der Waals surface area contributed by atoms with Gasteiger partial charge in [0.05, 0.1) is 6.10 Å². The molecule has 0 aromatic carbocycles. The molecular formula is C15H29NO2. The van der Waals surface area contributed by atoms with Crippen LogP contribution in [0.15, 0.2) is 0 Å². The predicted molar refractivity (Wildman–Crippen MR) is 73.7 cm³/mol. The van der Waals surface area contributed by atoms with Crippen LogP contribution in [0.4, 0.5) is 0 Å². The van der Waals surface area contributed by atoms with E-state index in [-0.39, 0.29) is 0 Å². The second-order valence-electron chi connectivity index (χ2n) is 6.51. The normalized spacial score (nSPS) is 32.3. The number of rotatable bonds is 8. The molecule has 2 rings (SSSR count). The fraction of sp³-hybridized carbons (Fsp3) is 1.00. The maximum atomic E-state index is 6.05. The highest BCUT2D eigenvalue weighted by Gasteiger charge is 2.50. The molecule has 0 bridgehead atoms. The highest BCUT2D eigenvalue weighted by molar-refractivity contribution is 5.00. The molecule has 18 heavy (non-hydrogen) atoms. The van der Waals surface area contributed by atoms with Gasteiger partial charge in [0.1, 0.15) is 0 Å². The van der Waals surface area contributed by atoms with Crippen molar-refractivity contribution in [1.29, 1.82) is 0 Å². The van der Waals surface area contributed by atoms with E-state index in [1.807, 2.05) is 0 Å². The molecule has 1 aliphatic carbocycles. The smallest absolute Gasteiger partial charge is 0.0673 e. The van der Waals surface area contributed by atoms with E-state index in [1.54, 1.807) is 7.11 Å². The van der Waals surface area contributed by atoms with Crippen LogP contribution in [-0.4, -0.2) is 39.5 Å². The maximum absolute atomic E-state index is 6.05. The molecule has 2 aliphatic rings. The Labute approximate surface area is 112 Å². The summed E-state index contributed by atoms with van der Waals surface area (Å²) in [6.07, 6.45) is 5.54. The van der Waals surface area contributed by atoms with E-state index in [0.29, 0.717) is 17.4 Å². The Kier molecular flexibility index (Phi) is 5.05. The Bertz CT molecular complexity index is 253. The number of hydrogen-bond acceptors (Lipinski definition) is 3. The minimum Gasteiger partial charge on any atom is -0.385 e. The fourth-order valence-electron chi connectivity index (χ4n) is 3.20. The molecule has 0 spiro atoms. The summed E-state index contributed by atoms with van der Waals surface area (Å²) in [4.78, 5) is 0. The molecule has 2 atom stereocenters. The van der Waals surface area contributed by atoms with Crippen molar-refractivity contribution in [2.24, 2.45) is 17.3 Å². The second-order valence-corrected chi connectivity index (χ2v) is 6.51. The lowest BCUT2D eigenvalue weighted by Gasteiger charge is -2.35. The average molecular weight is 255 g/mol. The number of methoxy groups -OCH3 is 1. The molecule has 2 fully saturated rings. The first-order chi connectivity index (χ1) is 8.68. The van der Waals surface area contributed by atoms with Crippen LogP contribution in [0.25, 0.3) is 0 Å². The van der Waals surface area contributed by atoms with Crippen LogP contribution < -0.4 is 5.32 Å². The van der Waals surface area contributed by atoms with Crippen molar-refractivity contribution in [3.63, 3.8) is 0 Å². The van der Waals surface area contributed by atoms with E-state index in [0.717, 1.165) is 38.6 Å². The summed E-state index contributed by atoms with van der Waals surface area (Å²) in [6, 6.07) is 0. The maximum Gasteiger partial charge on any atom is 0.0673 e. The predicted octanol–water partition coefficient (Wildman–Crippen LogP) is 2.45. The molecule has 106 valence electrons. The highest BCUT2D eigenvalue weighted by Crippen LogP contribution is 2.49. The molecular weight excluding hydrogens is 226 g/mol. The Morgan fingerprint density at radius 3 is 2.78 bits per heavy atom. The van der Waals surface area contributed by atoms with E-state index < -0.39 is 0 Å². The monoisotopic (exact) mass is 255 g/mol. The molecule has 0 amide bonds. The van der Waals surface area contributed by atoms with Crippen molar-refractivity contribution >= 4 is 0 Å². The Hall–Kier alpha value is -0.120. The first-order valence-corrected chi connectivity index (χ1v) is 7.49. The zero-order valence-corrected chi connectivity index (χ0v) is 12.2. The van der Waals surface area contributed by atoms with E-state index >= 15 is 0 Å².